The van der Waals surface area contributed by atoms with Gasteiger partial charge < -0.3 is 10.2 Å². The number of carbonyl (C=O) groups is 1. The van der Waals surface area contributed by atoms with Crippen molar-refractivity contribution in [2.24, 2.45) is 11.8 Å². The predicted octanol–water partition coefficient (Wildman–Crippen LogP) is 2.47. The Kier molecular flexibility index (Phi) is 3.79. The van der Waals surface area contributed by atoms with E-state index in [1.54, 1.807) is 29.1 Å². The third kappa shape index (κ3) is 2.73. The highest BCUT2D eigenvalue weighted by atomic mass is 35.5. The molecule has 5 nitrogen and oxygen atoms in total. The Bertz CT molecular complexity index is 748. The molecule has 1 amide bonds. The van der Waals surface area contributed by atoms with E-state index in [-0.39, 0.29) is 5.91 Å². The molecule has 7 heteroatoms. The fourth-order valence-corrected chi connectivity index (χ4v) is 3.68. The van der Waals surface area contributed by atoms with Gasteiger partial charge in [0.1, 0.15) is 0 Å². The van der Waals surface area contributed by atoms with E-state index in [0.717, 1.165) is 31.9 Å². The minimum Gasteiger partial charge on any atom is -0.337 e. The van der Waals surface area contributed by atoms with Crippen LogP contribution in [0, 0.1) is 11.8 Å². The highest BCUT2D eigenvalue weighted by Gasteiger charge is 2.38. The maximum atomic E-state index is 12.6. The molecule has 0 bridgehead atoms. The van der Waals surface area contributed by atoms with E-state index in [4.69, 9.17) is 23.2 Å². The smallest absolute Gasteiger partial charge is 0.274 e. The molecule has 2 aliphatic heterocycles. The largest absolute Gasteiger partial charge is 0.337 e. The molecule has 1 aromatic heterocycles. The molecule has 2 fully saturated rings. The molecule has 0 unspecified atom stereocenters. The van der Waals surface area contributed by atoms with Crippen LogP contribution in [0.3, 0.4) is 0 Å². The summed E-state index contributed by atoms with van der Waals surface area (Å²) in [5.74, 6) is 1.16. The minimum atomic E-state index is -0.00166. The van der Waals surface area contributed by atoms with Crippen molar-refractivity contribution < 1.29 is 4.79 Å². The van der Waals surface area contributed by atoms with E-state index in [1.807, 2.05) is 11.0 Å². The summed E-state index contributed by atoms with van der Waals surface area (Å²) in [5.41, 5.74) is 1.24. The Hall–Kier alpha value is -1.56. The van der Waals surface area contributed by atoms with E-state index < -0.39 is 0 Å². The quantitative estimate of drug-likeness (QED) is 0.904. The molecule has 23 heavy (non-hydrogen) atoms. The lowest BCUT2D eigenvalue weighted by Gasteiger charge is -2.15. The van der Waals surface area contributed by atoms with Crippen molar-refractivity contribution in [2.75, 3.05) is 26.2 Å². The van der Waals surface area contributed by atoms with Crippen LogP contribution in [0.15, 0.2) is 30.5 Å². The first-order valence-electron chi connectivity index (χ1n) is 7.63. The van der Waals surface area contributed by atoms with Crippen molar-refractivity contribution >= 4 is 29.1 Å². The molecule has 1 aromatic carbocycles. The second kappa shape index (κ2) is 5.82. The number of amides is 1. The Morgan fingerprint density at radius 2 is 1.87 bits per heavy atom. The average Bonchev–Trinajstić information content (AvgIpc) is 3.24. The molecule has 2 atom stereocenters. The molecular formula is C16H16Cl2N4O. The number of aromatic nitrogens is 2. The number of fused-ring (bicyclic) bond motifs is 1. The van der Waals surface area contributed by atoms with Crippen molar-refractivity contribution in [3.8, 4) is 5.69 Å². The second-order valence-corrected chi connectivity index (χ2v) is 6.95. The van der Waals surface area contributed by atoms with Gasteiger partial charge in [-0.15, -0.1) is 0 Å². The van der Waals surface area contributed by atoms with Crippen LogP contribution in [0.5, 0.6) is 0 Å². The second-order valence-electron chi connectivity index (χ2n) is 6.13. The molecule has 4 rings (SSSR count). The zero-order chi connectivity index (χ0) is 16.0. The number of halogens is 2. The number of nitrogens with one attached hydrogen (secondary N) is 1. The van der Waals surface area contributed by atoms with E-state index >= 15 is 0 Å². The van der Waals surface area contributed by atoms with Crippen molar-refractivity contribution in [3.63, 3.8) is 0 Å². The molecule has 0 spiro atoms. The summed E-state index contributed by atoms with van der Waals surface area (Å²) in [4.78, 5) is 14.5. The normalized spacial score (nSPS) is 23.3. The lowest BCUT2D eigenvalue weighted by atomic mass is 10.0. The molecule has 0 aliphatic carbocycles. The highest BCUT2D eigenvalue weighted by molar-refractivity contribution is 6.42. The molecule has 3 heterocycles. The summed E-state index contributed by atoms with van der Waals surface area (Å²) in [6, 6.07) is 7.02. The SMILES string of the molecule is O=C(c1ccn(-c2ccc(Cl)c(Cl)c2)n1)N1C[C@H]2CNC[C@H]2C1. The van der Waals surface area contributed by atoms with E-state index in [1.165, 1.54) is 0 Å². The molecule has 0 radical (unpaired) electrons. The van der Waals surface area contributed by atoms with Crippen LogP contribution in [-0.4, -0.2) is 46.8 Å². The standard InChI is InChI=1S/C16H16Cl2N4O/c17-13-2-1-12(5-14(13)18)22-4-3-15(20-22)16(23)21-8-10-6-19-7-11(10)9-21/h1-5,10-11,19H,6-9H2/t10-,11+. The summed E-state index contributed by atoms with van der Waals surface area (Å²) in [6.07, 6.45) is 1.77. The van der Waals surface area contributed by atoms with Crippen LogP contribution in [0.25, 0.3) is 5.69 Å². The van der Waals surface area contributed by atoms with Gasteiger partial charge in [0.15, 0.2) is 5.69 Å². The maximum absolute atomic E-state index is 12.6. The number of nitrogens with zero attached hydrogens (tertiary/aromatic N) is 3. The molecule has 0 saturated carbocycles. The summed E-state index contributed by atoms with van der Waals surface area (Å²) >= 11 is 12.0. The fourth-order valence-electron chi connectivity index (χ4n) is 3.39. The number of carbonyl (C=O) groups excluding carboxylic acids is 1. The van der Waals surface area contributed by atoms with Gasteiger partial charge in [-0.2, -0.15) is 5.10 Å². The zero-order valence-corrected chi connectivity index (χ0v) is 13.9. The first kappa shape index (κ1) is 15.0. The van der Waals surface area contributed by atoms with Crippen molar-refractivity contribution in [1.29, 1.82) is 0 Å². The van der Waals surface area contributed by atoms with E-state index in [2.05, 4.69) is 10.4 Å². The highest BCUT2D eigenvalue weighted by Crippen LogP contribution is 2.28. The zero-order valence-electron chi connectivity index (χ0n) is 12.4. The Balaban J connectivity index is 1.53. The number of likely N-dealkylation sites (tertiary alicyclic amines) is 1. The first-order chi connectivity index (χ1) is 11.1. The van der Waals surface area contributed by atoms with Crippen molar-refractivity contribution in [1.82, 2.24) is 20.0 Å². The van der Waals surface area contributed by atoms with Gasteiger partial charge >= 0.3 is 0 Å². The number of benzene rings is 1. The maximum Gasteiger partial charge on any atom is 0.274 e. The summed E-state index contributed by atoms with van der Waals surface area (Å²) in [6.45, 7) is 3.64. The summed E-state index contributed by atoms with van der Waals surface area (Å²) < 4.78 is 1.65. The van der Waals surface area contributed by atoms with Gasteiger partial charge in [0.25, 0.3) is 5.91 Å². The average molecular weight is 351 g/mol. The molecule has 2 saturated heterocycles. The molecule has 1 N–H and O–H groups in total. The molecule has 2 aromatic rings. The van der Waals surface area contributed by atoms with Crippen LogP contribution in [0.4, 0.5) is 0 Å². The monoisotopic (exact) mass is 350 g/mol. The van der Waals surface area contributed by atoms with Gasteiger partial charge in [0.05, 0.1) is 15.7 Å². The fraction of sp³-hybridized carbons (Fsp3) is 0.375. The lowest BCUT2D eigenvalue weighted by Crippen LogP contribution is -2.32. The predicted molar refractivity (Wildman–Crippen MR) is 89.3 cm³/mol. The van der Waals surface area contributed by atoms with Crippen LogP contribution < -0.4 is 5.32 Å². The minimum absolute atomic E-state index is 0.00166. The van der Waals surface area contributed by atoms with E-state index in [9.17, 15) is 4.79 Å². The van der Waals surface area contributed by atoms with Crippen molar-refractivity contribution in [2.45, 2.75) is 0 Å². The number of hydrogen-bond donors (Lipinski definition) is 1. The molecule has 120 valence electrons. The Labute approximate surface area is 144 Å². The van der Waals surface area contributed by atoms with Gasteiger partial charge in [0.2, 0.25) is 0 Å². The van der Waals surface area contributed by atoms with Gasteiger partial charge in [-0.3, -0.25) is 4.79 Å². The third-order valence-corrected chi connectivity index (χ3v) is 5.39. The molecular weight excluding hydrogens is 335 g/mol. The Morgan fingerprint density at radius 3 is 2.57 bits per heavy atom. The third-order valence-electron chi connectivity index (χ3n) is 4.65. The van der Waals surface area contributed by atoms with Crippen LogP contribution in [-0.2, 0) is 0 Å². The topological polar surface area (TPSA) is 50.2 Å². The van der Waals surface area contributed by atoms with Gasteiger partial charge in [0, 0.05) is 32.4 Å². The van der Waals surface area contributed by atoms with Gasteiger partial charge in [-0.1, -0.05) is 23.2 Å². The number of rotatable bonds is 2. The van der Waals surface area contributed by atoms with Crippen LogP contribution >= 0.6 is 23.2 Å². The number of hydrogen-bond acceptors (Lipinski definition) is 3. The first-order valence-corrected chi connectivity index (χ1v) is 8.38. The lowest BCUT2D eigenvalue weighted by molar-refractivity contribution is 0.0775. The Morgan fingerprint density at radius 1 is 1.13 bits per heavy atom. The van der Waals surface area contributed by atoms with Crippen molar-refractivity contribution in [3.05, 3.63) is 46.2 Å². The summed E-state index contributed by atoms with van der Waals surface area (Å²) in [7, 11) is 0. The van der Waals surface area contributed by atoms with Gasteiger partial charge in [-0.25, -0.2) is 4.68 Å². The van der Waals surface area contributed by atoms with Gasteiger partial charge in [-0.05, 0) is 36.1 Å². The van der Waals surface area contributed by atoms with Crippen LogP contribution in [0.2, 0.25) is 10.0 Å². The summed E-state index contributed by atoms with van der Waals surface area (Å²) in [5, 5.41) is 8.74. The molecule has 2 aliphatic rings. The van der Waals surface area contributed by atoms with Crippen LogP contribution in [0.1, 0.15) is 10.5 Å². The van der Waals surface area contributed by atoms with E-state index in [0.29, 0.717) is 27.6 Å².